The first-order valence-corrected chi connectivity index (χ1v) is 4.74. The molecule has 0 radical (unpaired) electrons. The molecule has 90 valence electrons. The van der Waals surface area contributed by atoms with E-state index in [0.29, 0.717) is 5.69 Å². The second-order valence-corrected chi connectivity index (χ2v) is 3.38. The Morgan fingerprint density at radius 1 is 1.24 bits per heavy atom. The van der Waals surface area contributed by atoms with Crippen molar-refractivity contribution in [3.63, 3.8) is 0 Å². The summed E-state index contributed by atoms with van der Waals surface area (Å²) in [4.78, 5) is 0. The zero-order chi connectivity index (χ0) is 12.5. The highest BCUT2D eigenvalue weighted by atomic mass is 19.4. The first-order valence-electron chi connectivity index (χ1n) is 4.74. The van der Waals surface area contributed by atoms with E-state index < -0.39 is 6.36 Å². The minimum Gasteiger partial charge on any atom is -0.405 e. The van der Waals surface area contributed by atoms with Crippen LogP contribution in [0.1, 0.15) is 5.69 Å². The molecule has 17 heavy (non-hydrogen) atoms. The van der Waals surface area contributed by atoms with Gasteiger partial charge in [0.05, 0.1) is 11.3 Å². The van der Waals surface area contributed by atoms with Crippen molar-refractivity contribution in [3.05, 3.63) is 36.0 Å². The summed E-state index contributed by atoms with van der Waals surface area (Å²) in [5.41, 5.74) is 0.798. The molecule has 0 aliphatic carbocycles. The fourth-order valence-electron chi connectivity index (χ4n) is 1.37. The second-order valence-electron chi connectivity index (χ2n) is 3.38. The lowest BCUT2D eigenvalue weighted by Crippen LogP contribution is -2.17. The number of halogens is 3. The molecule has 1 aromatic heterocycles. The van der Waals surface area contributed by atoms with E-state index >= 15 is 0 Å². The number of hydrogen-bond acceptors (Lipinski definition) is 3. The van der Waals surface area contributed by atoms with E-state index in [1.807, 2.05) is 0 Å². The van der Waals surface area contributed by atoms with Crippen LogP contribution >= 0.6 is 0 Å². The van der Waals surface area contributed by atoms with Gasteiger partial charge in [-0.15, -0.1) is 13.2 Å². The first-order chi connectivity index (χ1) is 7.96. The average molecular weight is 243 g/mol. The number of hydrogen-bond donors (Lipinski definition) is 0. The van der Waals surface area contributed by atoms with Crippen molar-refractivity contribution in [3.8, 4) is 17.1 Å². The zero-order valence-corrected chi connectivity index (χ0v) is 8.78. The summed E-state index contributed by atoms with van der Waals surface area (Å²) in [5.74, 6) is -0.0708. The van der Waals surface area contributed by atoms with Gasteiger partial charge in [0.25, 0.3) is 0 Å². The van der Waals surface area contributed by atoms with Crippen LogP contribution in [0, 0.1) is 6.92 Å². The molecule has 0 saturated heterocycles. The van der Waals surface area contributed by atoms with Crippen molar-refractivity contribution < 1.29 is 22.4 Å². The standard InChI is InChI=1S/C11H8F3NO2/c1-7-6-10(17-15-7)8-4-2-3-5-9(8)16-11(12,13)14/h2-6H,1H3. The Labute approximate surface area is 94.8 Å². The SMILES string of the molecule is Cc1cc(-c2ccccc2OC(F)(F)F)on1. The molecule has 0 bridgehead atoms. The quantitative estimate of drug-likeness (QED) is 0.809. The topological polar surface area (TPSA) is 35.3 Å². The van der Waals surface area contributed by atoms with Gasteiger partial charge in [0.2, 0.25) is 0 Å². The number of aromatic nitrogens is 1. The summed E-state index contributed by atoms with van der Waals surface area (Å²) in [6, 6.07) is 7.28. The molecular weight excluding hydrogens is 235 g/mol. The van der Waals surface area contributed by atoms with E-state index in [-0.39, 0.29) is 17.1 Å². The summed E-state index contributed by atoms with van der Waals surface area (Å²) < 4.78 is 45.3. The predicted octanol–water partition coefficient (Wildman–Crippen LogP) is 3.55. The molecule has 0 atom stereocenters. The Morgan fingerprint density at radius 2 is 1.94 bits per heavy atom. The van der Waals surface area contributed by atoms with Gasteiger partial charge in [-0.2, -0.15) is 0 Å². The maximum absolute atomic E-state index is 12.2. The second kappa shape index (κ2) is 4.12. The highest BCUT2D eigenvalue weighted by molar-refractivity contribution is 5.65. The summed E-state index contributed by atoms with van der Waals surface area (Å²) in [6.45, 7) is 1.68. The van der Waals surface area contributed by atoms with Gasteiger partial charge in [-0.3, -0.25) is 0 Å². The van der Waals surface area contributed by atoms with Crippen LogP contribution in [0.5, 0.6) is 5.75 Å². The van der Waals surface area contributed by atoms with Crippen LogP contribution in [0.4, 0.5) is 13.2 Å². The normalized spacial score (nSPS) is 11.5. The molecule has 0 spiro atoms. The minimum absolute atomic E-state index is 0.213. The van der Waals surface area contributed by atoms with Gasteiger partial charge >= 0.3 is 6.36 Å². The molecular formula is C11H8F3NO2. The minimum atomic E-state index is -4.73. The van der Waals surface area contributed by atoms with E-state index in [2.05, 4.69) is 9.89 Å². The number of aryl methyl sites for hydroxylation is 1. The smallest absolute Gasteiger partial charge is 0.405 e. The van der Waals surface area contributed by atoms with Gasteiger partial charge in [0.1, 0.15) is 5.75 Å². The Morgan fingerprint density at radius 3 is 2.53 bits per heavy atom. The molecule has 0 saturated carbocycles. The molecule has 0 unspecified atom stereocenters. The Kier molecular flexibility index (Phi) is 2.79. The molecule has 1 heterocycles. The van der Waals surface area contributed by atoms with Crippen molar-refractivity contribution in [2.75, 3.05) is 0 Å². The van der Waals surface area contributed by atoms with Crippen molar-refractivity contribution in [2.24, 2.45) is 0 Å². The number of ether oxygens (including phenoxy) is 1. The molecule has 0 aliphatic heterocycles. The van der Waals surface area contributed by atoms with Gasteiger partial charge in [-0.05, 0) is 19.1 Å². The van der Waals surface area contributed by atoms with Crippen LogP contribution in [0.25, 0.3) is 11.3 Å². The highest BCUT2D eigenvalue weighted by Crippen LogP contribution is 2.33. The maximum atomic E-state index is 12.2. The van der Waals surface area contributed by atoms with Gasteiger partial charge in [-0.25, -0.2) is 0 Å². The third-order valence-corrected chi connectivity index (χ3v) is 2.01. The molecule has 1 aromatic carbocycles. The van der Waals surface area contributed by atoms with E-state index in [1.165, 1.54) is 18.2 Å². The van der Waals surface area contributed by atoms with Crippen molar-refractivity contribution in [1.29, 1.82) is 0 Å². The van der Waals surface area contributed by atoms with Crippen LogP contribution in [0.15, 0.2) is 34.9 Å². The summed E-state index contributed by atoms with van der Waals surface area (Å²) >= 11 is 0. The Bertz CT molecular complexity index is 519. The molecule has 0 aliphatic rings. The van der Waals surface area contributed by atoms with E-state index in [0.717, 1.165) is 0 Å². The lowest BCUT2D eigenvalue weighted by molar-refractivity contribution is -0.274. The van der Waals surface area contributed by atoms with Crippen LogP contribution in [-0.2, 0) is 0 Å². The lowest BCUT2D eigenvalue weighted by atomic mass is 10.1. The third-order valence-electron chi connectivity index (χ3n) is 2.01. The largest absolute Gasteiger partial charge is 0.573 e. The number of alkyl halides is 3. The highest BCUT2D eigenvalue weighted by Gasteiger charge is 2.32. The van der Waals surface area contributed by atoms with E-state index in [1.54, 1.807) is 19.1 Å². The molecule has 6 heteroatoms. The van der Waals surface area contributed by atoms with Crippen molar-refractivity contribution >= 4 is 0 Å². The Hall–Kier alpha value is -1.98. The first kappa shape index (κ1) is 11.5. The van der Waals surface area contributed by atoms with E-state index in [9.17, 15) is 13.2 Å². The van der Waals surface area contributed by atoms with Gasteiger partial charge in [-0.1, -0.05) is 17.3 Å². The Balaban J connectivity index is 2.41. The van der Waals surface area contributed by atoms with Crippen LogP contribution in [0.3, 0.4) is 0 Å². The van der Waals surface area contributed by atoms with Gasteiger partial charge < -0.3 is 9.26 Å². The van der Waals surface area contributed by atoms with Gasteiger partial charge in [0, 0.05) is 6.07 Å². The number of benzene rings is 1. The fourth-order valence-corrected chi connectivity index (χ4v) is 1.37. The van der Waals surface area contributed by atoms with Crippen LogP contribution < -0.4 is 4.74 Å². The maximum Gasteiger partial charge on any atom is 0.573 e. The molecule has 0 amide bonds. The summed E-state index contributed by atoms with van der Waals surface area (Å²) in [7, 11) is 0. The van der Waals surface area contributed by atoms with Crippen LogP contribution in [-0.4, -0.2) is 11.5 Å². The average Bonchev–Trinajstić information content (AvgIpc) is 2.63. The number of nitrogens with zero attached hydrogens (tertiary/aromatic N) is 1. The lowest BCUT2D eigenvalue weighted by Gasteiger charge is -2.11. The monoisotopic (exact) mass is 243 g/mol. The molecule has 3 nitrogen and oxygen atoms in total. The van der Waals surface area contributed by atoms with E-state index in [4.69, 9.17) is 4.52 Å². The molecule has 0 N–H and O–H groups in total. The molecule has 2 aromatic rings. The molecule has 2 rings (SSSR count). The third kappa shape index (κ3) is 2.77. The van der Waals surface area contributed by atoms with Crippen molar-refractivity contribution in [1.82, 2.24) is 5.16 Å². The fraction of sp³-hybridized carbons (Fsp3) is 0.182. The predicted molar refractivity (Wildman–Crippen MR) is 53.4 cm³/mol. The summed E-state index contributed by atoms with van der Waals surface area (Å²) in [6.07, 6.45) is -4.73. The van der Waals surface area contributed by atoms with Gasteiger partial charge in [0.15, 0.2) is 5.76 Å². The van der Waals surface area contributed by atoms with Crippen molar-refractivity contribution in [2.45, 2.75) is 13.3 Å². The van der Waals surface area contributed by atoms with Crippen LogP contribution in [0.2, 0.25) is 0 Å². The summed E-state index contributed by atoms with van der Waals surface area (Å²) in [5, 5.41) is 3.62. The number of para-hydroxylation sites is 1. The zero-order valence-electron chi connectivity index (χ0n) is 8.78. The number of rotatable bonds is 2. The molecule has 0 fully saturated rings.